The molecule has 4 rings (SSSR count). The van der Waals surface area contributed by atoms with Gasteiger partial charge in [-0.1, -0.05) is 99.8 Å². The molecule has 0 unspecified atom stereocenters. The third kappa shape index (κ3) is 8.51. The standard InChI is InChI=1S/C34H41FN2O2/c1-25(2)29-18-13-26(14-19-29)17-22-33(38)37(24-28-15-20-30(35)21-16-28)32(23-27-9-5-3-6-10-27)34(39)36-31-11-7-4-8-12-31/h3,5-6,9-10,13-16,18-21,25,31-32H,4,7-8,11-12,17,22-24H2,1-2H3,(H,36,39)/t32-/m0/s1. The van der Waals surface area contributed by atoms with Gasteiger partial charge in [0.25, 0.3) is 0 Å². The molecule has 1 saturated carbocycles. The topological polar surface area (TPSA) is 49.4 Å². The zero-order valence-corrected chi connectivity index (χ0v) is 23.2. The summed E-state index contributed by atoms with van der Waals surface area (Å²) in [7, 11) is 0. The van der Waals surface area contributed by atoms with Gasteiger partial charge in [0, 0.05) is 25.4 Å². The van der Waals surface area contributed by atoms with E-state index in [9.17, 15) is 14.0 Å². The van der Waals surface area contributed by atoms with Crippen molar-refractivity contribution in [2.75, 3.05) is 0 Å². The number of hydrogen-bond donors (Lipinski definition) is 1. The fourth-order valence-corrected chi connectivity index (χ4v) is 5.35. The molecule has 1 atom stereocenters. The van der Waals surface area contributed by atoms with Crippen LogP contribution in [0, 0.1) is 5.82 Å². The van der Waals surface area contributed by atoms with Crippen molar-refractivity contribution in [3.05, 3.63) is 107 Å². The molecule has 1 N–H and O–H groups in total. The minimum absolute atomic E-state index is 0.0769. The van der Waals surface area contributed by atoms with Gasteiger partial charge >= 0.3 is 0 Å². The monoisotopic (exact) mass is 528 g/mol. The van der Waals surface area contributed by atoms with Gasteiger partial charge in [0.2, 0.25) is 11.8 Å². The number of amides is 2. The first kappa shape index (κ1) is 28.5. The highest BCUT2D eigenvalue weighted by atomic mass is 19.1. The minimum atomic E-state index is -0.657. The molecule has 0 heterocycles. The molecule has 3 aromatic rings. The summed E-state index contributed by atoms with van der Waals surface area (Å²) in [6.45, 7) is 4.58. The Morgan fingerprint density at radius 2 is 1.49 bits per heavy atom. The molecule has 1 aliphatic rings. The maximum Gasteiger partial charge on any atom is 0.243 e. The second-order valence-electron chi connectivity index (χ2n) is 11.1. The van der Waals surface area contributed by atoms with Crippen molar-refractivity contribution in [1.29, 1.82) is 0 Å². The Balaban J connectivity index is 1.58. The van der Waals surface area contributed by atoms with Crippen LogP contribution in [0.1, 0.15) is 80.5 Å². The third-order valence-electron chi connectivity index (χ3n) is 7.76. The second kappa shape index (κ2) is 14.1. The summed E-state index contributed by atoms with van der Waals surface area (Å²) < 4.78 is 13.7. The van der Waals surface area contributed by atoms with Crippen LogP contribution in [0.3, 0.4) is 0 Å². The van der Waals surface area contributed by atoms with Gasteiger partial charge in [0.05, 0.1) is 0 Å². The van der Waals surface area contributed by atoms with E-state index in [-0.39, 0.29) is 30.2 Å². The highest BCUT2D eigenvalue weighted by Gasteiger charge is 2.31. The van der Waals surface area contributed by atoms with E-state index in [1.54, 1.807) is 17.0 Å². The maximum atomic E-state index is 13.9. The molecule has 5 heteroatoms. The Morgan fingerprint density at radius 3 is 2.13 bits per heavy atom. The predicted octanol–water partition coefficient (Wildman–Crippen LogP) is 6.97. The number of carbonyl (C=O) groups excluding carboxylic acids is 2. The first-order valence-electron chi connectivity index (χ1n) is 14.4. The smallest absolute Gasteiger partial charge is 0.243 e. The Labute approximate surface area is 232 Å². The van der Waals surface area contributed by atoms with E-state index < -0.39 is 6.04 Å². The highest BCUT2D eigenvalue weighted by molar-refractivity contribution is 5.88. The van der Waals surface area contributed by atoms with Crippen molar-refractivity contribution in [3.63, 3.8) is 0 Å². The summed E-state index contributed by atoms with van der Waals surface area (Å²) in [6.07, 6.45) is 6.70. The van der Waals surface area contributed by atoms with Crippen LogP contribution in [0.25, 0.3) is 0 Å². The molecule has 0 spiro atoms. The number of rotatable bonds is 11. The number of halogens is 1. The zero-order valence-electron chi connectivity index (χ0n) is 23.2. The number of nitrogens with one attached hydrogen (secondary N) is 1. The Bertz CT molecular complexity index is 1190. The van der Waals surface area contributed by atoms with E-state index in [1.165, 1.54) is 24.1 Å². The van der Waals surface area contributed by atoms with Crippen LogP contribution in [0.5, 0.6) is 0 Å². The van der Waals surface area contributed by atoms with Crippen molar-refractivity contribution in [2.24, 2.45) is 0 Å². The molecule has 0 bridgehead atoms. The predicted molar refractivity (Wildman–Crippen MR) is 155 cm³/mol. The highest BCUT2D eigenvalue weighted by Crippen LogP contribution is 2.21. The van der Waals surface area contributed by atoms with E-state index in [0.717, 1.165) is 42.4 Å². The largest absolute Gasteiger partial charge is 0.352 e. The summed E-state index contributed by atoms with van der Waals surface area (Å²) in [5, 5.41) is 3.27. The zero-order chi connectivity index (χ0) is 27.6. The molecule has 0 radical (unpaired) electrons. The number of nitrogens with zero attached hydrogens (tertiary/aromatic N) is 1. The molecule has 0 aromatic heterocycles. The van der Waals surface area contributed by atoms with Crippen molar-refractivity contribution in [1.82, 2.24) is 10.2 Å². The van der Waals surface area contributed by atoms with Crippen LogP contribution < -0.4 is 5.32 Å². The summed E-state index contributed by atoms with van der Waals surface area (Å²) in [6, 6.07) is 24.0. The molecule has 0 aliphatic heterocycles. The molecule has 3 aromatic carbocycles. The molecular weight excluding hydrogens is 487 g/mol. The van der Waals surface area contributed by atoms with E-state index in [0.29, 0.717) is 25.2 Å². The number of carbonyl (C=O) groups is 2. The van der Waals surface area contributed by atoms with Gasteiger partial charge in [-0.25, -0.2) is 4.39 Å². The first-order chi connectivity index (χ1) is 18.9. The lowest BCUT2D eigenvalue weighted by atomic mass is 9.94. The minimum Gasteiger partial charge on any atom is -0.352 e. The molecular formula is C34H41FN2O2. The van der Waals surface area contributed by atoms with Gasteiger partial charge in [-0.15, -0.1) is 0 Å². The molecule has 1 fully saturated rings. The first-order valence-corrected chi connectivity index (χ1v) is 14.4. The van der Waals surface area contributed by atoms with Gasteiger partial charge in [-0.3, -0.25) is 9.59 Å². The molecule has 2 amide bonds. The Kier molecular flexibility index (Phi) is 10.3. The molecule has 4 nitrogen and oxygen atoms in total. The van der Waals surface area contributed by atoms with Crippen molar-refractivity contribution < 1.29 is 14.0 Å². The lowest BCUT2D eigenvalue weighted by molar-refractivity contribution is -0.141. The SMILES string of the molecule is CC(C)c1ccc(CCC(=O)N(Cc2ccc(F)cc2)[C@@H](Cc2ccccc2)C(=O)NC2CCCCC2)cc1. The van der Waals surface area contributed by atoms with Crippen LogP contribution in [0.4, 0.5) is 4.39 Å². The van der Waals surface area contributed by atoms with Crippen molar-refractivity contribution in [2.45, 2.75) is 89.8 Å². The van der Waals surface area contributed by atoms with Gasteiger partial charge in [0.15, 0.2) is 0 Å². The molecule has 39 heavy (non-hydrogen) atoms. The van der Waals surface area contributed by atoms with E-state index in [2.05, 4.69) is 43.4 Å². The number of benzene rings is 3. The van der Waals surface area contributed by atoms with Crippen LogP contribution >= 0.6 is 0 Å². The summed E-state index contributed by atoms with van der Waals surface area (Å²) >= 11 is 0. The van der Waals surface area contributed by atoms with E-state index in [4.69, 9.17) is 0 Å². The van der Waals surface area contributed by atoms with E-state index >= 15 is 0 Å². The maximum absolute atomic E-state index is 13.9. The van der Waals surface area contributed by atoms with E-state index in [1.807, 2.05) is 30.3 Å². The van der Waals surface area contributed by atoms with Crippen molar-refractivity contribution in [3.8, 4) is 0 Å². The normalized spacial score (nSPS) is 14.7. The third-order valence-corrected chi connectivity index (χ3v) is 7.76. The molecule has 0 saturated heterocycles. The van der Waals surface area contributed by atoms with Gasteiger partial charge in [-0.05, 0) is 59.6 Å². The fourth-order valence-electron chi connectivity index (χ4n) is 5.35. The molecule has 206 valence electrons. The van der Waals surface area contributed by atoms with Crippen LogP contribution in [0.15, 0.2) is 78.9 Å². The van der Waals surface area contributed by atoms with Gasteiger partial charge in [-0.2, -0.15) is 0 Å². The summed E-state index contributed by atoms with van der Waals surface area (Å²) in [4.78, 5) is 29.4. The summed E-state index contributed by atoms with van der Waals surface area (Å²) in [5.74, 6) is -0.0554. The van der Waals surface area contributed by atoms with Crippen LogP contribution in [-0.2, 0) is 29.0 Å². The molecule has 1 aliphatic carbocycles. The average Bonchev–Trinajstić information content (AvgIpc) is 2.96. The quantitative estimate of drug-likeness (QED) is 0.292. The van der Waals surface area contributed by atoms with Gasteiger partial charge in [0.1, 0.15) is 11.9 Å². The van der Waals surface area contributed by atoms with Crippen LogP contribution in [0.2, 0.25) is 0 Å². The Morgan fingerprint density at radius 1 is 0.846 bits per heavy atom. The fraction of sp³-hybridized carbons (Fsp3) is 0.412. The van der Waals surface area contributed by atoms with Crippen molar-refractivity contribution >= 4 is 11.8 Å². The Hall–Kier alpha value is -3.47. The van der Waals surface area contributed by atoms with Gasteiger partial charge < -0.3 is 10.2 Å². The average molecular weight is 529 g/mol. The number of aryl methyl sites for hydroxylation is 1. The van der Waals surface area contributed by atoms with Crippen LogP contribution in [-0.4, -0.2) is 28.8 Å². The second-order valence-corrected chi connectivity index (χ2v) is 11.1. The summed E-state index contributed by atoms with van der Waals surface area (Å²) in [5.41, 5.74) is 4.17. The lowest BCUT2D eigenvalue weighted by Crippen LogP contribution is -2.52. The lowest BCUT2D eigenvalue weighted by Gasteiger charge is -2.33. The number of hydrogen-bond acceptors (Lipinski definition) is 2.